The zero-order valence-electron chi connectivity index (χ0n) is 9.31. The maximum atomic E-state index is 10.6. The highest BCUT2D eigenvalue weighted by Crippen LogP contribution is 2.33. The molecule has 0 saturated heterocycles. The summed E-state index contributed by atoms with van der Waals surface area (Å²) in [6, 6.07) is 14.0. The monoisotopic (exact) mass is 306 g/mol. The van der Waals surface area contributed by atoms with Crippen LogP contribution >= 0.6 is 27.7 Å². The zero-order chi connectivity index (χ0) is 12.3. The lowest BCUT2D eigenvalue weighted by Gasteiger charge is -2.05. The van der Waals surface area contributed by atoms with Gasteiger partial charge in [0.2, 0.25) is 0 Å². The lowest BCUT2D eigenvalue weighted by Crippen LogP contribution is -1.82. The molecule has 2 aromatic rings. The van der Waals surface area contributed by atoms with Gasteiger partial charge in [-0.25, -0.2) is 0 Å². The van der Waals surface area contributed by atoms with Crippen molar-refractivity contribution in [2.24, 2.45) is 0 Å². The molecule has 0 saturated carbocycles. The normalized spacial score (nSPS) is 10.2. The van der Waals surface area contributed by atoms with E-state index in [0.29, 0.717) is 5.56 Å². The Bertz CT molecular complexity index is 534. The molecule has 0 aliphatic carbocycles. The number of aryl methyl sites for hydroxylation is 1. The Morgan fingerprint density at radius 3 is 2.41 bits per heavy atom. The van der Waals surface area contributed by atoms with Gasteiger partial charge < -0.3 is 0 Å². The zero-order valence-corrected chi connectivity index (χ0v) is 11.7. The van der Waals surface area contributed by atoms with E-state index in [4.69, 9.17) is 0 Å². The van der Waals surface area contributed by atoms with Gasteiger partial charge in [0.15, 0.2) is 0 Å². The number of benzene rings is 2. The summed E-state index contributed by atoms with van der Waals surface area (Å²) in [5, 5.41) is 0. The Balaban J connectivity index is 2.24. The van der Waals surface area contributed by atoms with E-state index in [9.17, 15) is 4.79 Å². The van der Waals surface area contributed by atoms with E-state index in [1.165, 1.54) is 10.5 Å². The quantitative estimate of drug-likeness (QED) is 0.763. The van der Waals surface area contributed by atoms with Gasteiger partial charge >= 0.3 is 0 Å². The molecule has 0 aromatic heterocycles. The summed E-state index contributed by atoms with van der Waals surface area (Å²) in [6.45, 7) is 2.07. The first-order valence-corrected chi connectivity index (χ1v) is 6.79. The van der Waals surface area contributed by atoms with Gasteiger partial charge in [0, 0.05) is 19.8 Å². The summed E-state index contributed by atoms with van der Waals surface area (Å²) in [6.07, 6.45) is 0.852. The largest absolute Gasteiger partial charge is 0.298 e. The second-order valence-corrected chi connectivity index (χ2v) is 5.69. The second kappa shape index (κ2) is 5.52. The smallest absolute Gasteiger partial charge is 0.150 e. The molecular formula is C14H11BrOS. The number of halogens is 1. The van der Waals surface area contributed by atoms with Crippen molar-refractivity contribution < 1.29 is 4.79 Å². The molecule has 3 heteroatoms. The summed E-state index contributed by atoms with van der Waals surface area (Å²) in [7, 11) is 0. The highest BCUT2D eigenvalue weighted by molar-refractivity contribution is 9.10. The minimum atomic E-state index is 0.685. The predicted octanol–water partition coefficient (Wildman–Crippen LogP) is 4.72. The minimum absolute atomic E-state index is 0.685. The molecule has 0 radical (unpaired) electrons. The van der Waals surface area contributed by atoms with Gasteiger partial charge in [-0.2, -0.15) is 0 Å². The number of hydrogen-bond donors (Lipinski definition) is 0. The van der Waals surface area contributed by atoms with Crippen molar-refractivity contribution in [3.63, 3.8) is 0 Å². The van der Waals surface area contributed by atoms with Crippen LogP contribution in [-0.4, -0.2) is 6.29 Å². The highest BCUT2D eigenvalue weighted by Gasteiger charge is 2.03. The molecule has 0 atom stereocenters. The second-order valence-electron chi connectivity index (χ2n) is 3.72. The minimum Gasteiger partial charge on any atom is -0.298 e. The average Bonchev–Trinajstić information content (AvgIpc) is 2.34. The van der Waals surface area contributed by atoms with Crippen LogP contribution in [0.5, 0.6) is 0 Å². The van der Waals surface area contributed by atoms with Gasteiger partial charge in [-0.05, 0) is 47.1 Å². The molecule has 0 N–H and O–H groups in total. The predicted molar refractivity (Wildman–Crippen MR) is 74.8 cm³/mol. The lowest BCUT2D eigenvalue weighted by atomic mass is 10.2. The fourth-order valence-corrected chi connectivity index (χ4v) is 2.86. The molecule has 1 nitrogen and oxygen atoms in total. The number of aldehydes is 1. The maximum Gasteiger partial charge on any atom is 0.150 e. The summed E-state index contributed by atoms with van der Waals surface area (Å²) in [5.41, 5.74) is 1.94. The molecule has 0 aliphatic rings. The van der Waals surface area contributed by atoms with Crippen molar-refractivity contribution in [2.45, 2.75) is 16.7 Å². The van der Waals surface area contributed by atoms with Crippen molar-refractivity contribution in [1.82, 2.24) is 0 Å². The maximum absolute atomic E-state index is 10.6. The molecule has 0 heterocycles. The van der Waals surface area contributed by atoms with Crippen LogP contribution in [-0.2, 0) is 0 Å². The van der Waals surface area contributed by atoms with Crippen LogP contribution in [0.1, 0.15) is 15.9 Å². The Hall–Kier alpha value is -1.06. The molecule has 86 valence electrons. The standard InChI is InChI=1S/C14H11BrOS/c1-10-2-5-12(6-3-10)17-14-7-4-11(9-16)8-13(14)15/h2-9H,1H3. The summed E-state index contributed by atoms with van der Waals surface area (Å²) in [4.78, 5) is 12.9. The third kappa shape index (κ3) is 3.20. The fourth-order valence-electron chi connectivity index (χ4n) is 1.41. The Labute approximate surface area is 113 Å². The lowest BCUT2D eigenvalue weighted by molar-refractivity contribution is 0.112. The van der Waals surface area contributed by atoms with E-state index in [-0.39, 0.29) is 0 Å². The van der Waals surface area contributed by atoms with Crippen LogP contribution in [0, 0.1) is 6.92 Å². The van der Waals surface area contributed by atoms with Crippen LogP contribution in [0.15, 0.2) is 56.7 Å². The van der Waals surface area contributed by atoms with Crippen molar-refractivity contribution in [3.05, 3.63) is 58.1 Å². The van der Waals surface area contributed by atoms with Crippen molar-refractivity contribution in [1.29, 1.82) is 0 Å². The molecule has 0 fully saturated rings. The molecule has 0 bridgehead atoms. The molecule has 17 heavy (non-hydrogen) atoms. The van der Waals surface area contributed by atoms with Gasteiger partial charge in [-0.15, -0.1) is 0 Å². The van der Waals surface area contributed by atoms with Crippen LogP contribution in [0.3, 0.4) is 0 Å². The van der Waals surface area contributed by atoms with Gasteiger partial charge in [0.25, 0.3) is 0 Å². The molecule has 0 aliphatic heterocycles. The summed E-state index contributed by atoms with van der Waals surface area (Å²) >= 11 is 5.16. The van der Waals surface area contributed by atoms with Crippen molar-refractivity contribution in [2.75, 3.05) is 0 Å². The number of rotatable bonds is 3. The highest BCUT2D eigenvalue weighted by atomic mass is 79.9. The van der Waals surface area contributed by atoms with E-state index in [2.05, 4.69) is 47.1 Å². The number of hydrogen-bond acceptors (Lipinski definition) is 2. The molecule has 0 unspecified atom stereocenters. The van der Waals surface area contributed by atoms with Gasteiger partial charge in [0.05, 0.1) is 0 Å². The van der Waals surface area contributed by atoms with Crippen molar-refractivity contribution in [3.8, 4) is 0 Å². The number of carbonyl (C=O) groups excluding carboxylic acids is 1. The first-order chi connectivity index (χ1) is 8.19. The van der Waals surface area contributed by atoms with Gasteiger partial charge in [0.1, 0.15) is 6.29 Å². The van der Waals surface area contributed by atoms with Crippen LogP contribution in [0.2, 0.25) is 0 Å². The van der Waals surface area contributed by atoms with E-state index < -0.39 is 0 Å². The summed E-state index contributed by atoms with van der Waals surface area (Å²) in [5.74, 6) is 0. The number of carbonyl (C=O) groups is 1. The van der Waals surface area contributed by atoms with Crippen LogP contribution in [0.25, 0.3) is 0 Å². The topological polar surface area (TPSA) is 17.1 Å². The van der Waals surface area contributed by atoms with E-state index in [1.54, 1.807) is 11.8 Å². The van der Waals surface area contributed by atoms with Crippen LogP contribution in [0.4, 0.5) is 0 Å². The third-order valence-corrected chi connectivity index (χ3v) is 4.34. The first-order valence-electron chi connectivity index (χ1n) is 5.18. The van der Waals surface area contributed by atoms with Gasteiger partial charge in [-0.3, -0.25) is 4.79 Å². The average molecular weight is 307 g/mol. The van der Waals surface area contributed by atoms with E-state index in [0.717, 1.165) is 15.7 Å². The first kappa shape index (κ1) is 12.4. The Morgan fingerprint density at radius 1 is 1.12 bits per heavy atom. The molecule has 2 aromatic carbocycles. The van der Waals surface area contributed by atoms with E-state index >= 15 is 0 Å². The van der Waals surface area contributed by atoms with Gasteiger partial charge in [-0.1, -0.05) is 35.5 Å². The summed E-state index contributed by atoms with van der Waals surface area (Å²) < 4.78 is 0.952. The third-order valence-electron chi connectivity index (χ3n) is 2.34. The SMILES string of the molecule is Cc1ccc(Sc2ccc(C=O)cc2Br)cc1. The van der Waals surface area contributed by atoms with Crippen molar-refractivity contribution >= 4 is 34.0 Å². The Morgan fingerprint density at radius 2 is 1.82 bits per heavy atom. The van der Waals surface area contributed by atoms with Crippen LogP contribution < -0.4 is 0 Å². The fraction of sp³-hybridized carbons (Fsp3) is 0.0714. The molecule has 0 amide bonds. The van der Waals surface area contributed by atoms with E-state index in [1.807, 2.05) is 18.2 Å². The molecule has 0 spiro atoms. The Kier molecular flexibility index (Phi) is 4.02. The molecular weight excluding hydrogens is 296 g/mol. The molecule has 2 rings (SSSR count).